The van der Waals surface area contributed by atoms with Crippen LogP contribution < -0.4 is 15.1 Å². The van der Waals surface area contributed by atoms with Gasteiger partial charge in [-0.1, -0.05) is 12.1 Å². The lowest BCUT2D eigenvalue weighted by Gasteiger charge is -2.19. The third-order valence-electron chi connectivity index (χ3n) is 5.89. The number of hydrogen-bond acceptors (Lipinski definition) is 3. The molecule has 1 saturated heterocycles. The number of nitrogens with zero attached hydrogens (tertiary/aromatic N) is 2. The molecule has 0 aromatic heterocycles. The third-order valence-corrected chi connectivity index (χ3v) is 5.89. The topological polar surface area (TPSA) is 69.7 Å². The van der Waals surface area contributed by atoms with E-state index in [1.807, 2.05) is 12.1 Å². The summed E-state index contributed by atoms with van der Waals surface area (Å²) in [7, 11) is 0. The minimum atomic E-state index is -4.41. The lowest BCUT2D eigenvalue weighted by molar-refractivity contribution is -0.137. The molecule has 2 aromatic carbocycles. The average molecular weight is 445 g/mol. The summed E-state index contributed by atoms with van der Waals surface area (Å²) < 4.78 is 38.0. The number of nitrogens with one attached hydrogen (secondary N) is 1. The fourth-order valence-electron chi connectivity index (χ4n) is 4.16. The molecule has 2 aromatic rings. The molecule has 9 heteroatoms. The number of halogens is 3. The summed E-state index contributed by atoms with van der Waals surface area (Å²) in [4.78, 5) is 40.1. The van der Waals surface area contributed by atoms with Gasteiger partial charge in [-0.25, -0.2) is 0 Å². The zero-order valence-corrected chi connectivity index (χ0v) is 17.4. The van der Waals surface area contributed by atoms with Gasteiger partial charge in [-0.2, -0.15) is 13.2 Å². The maximum absolute atomic E-state index is 12.7. The van der Waals surface area contributed by atoms with Gasteiger partial charge in [0.2, 0.25) is 17.7 Å². The van der Waals surface area contributed by atoms with Gasteiger partial charge < -0.3 is 15.1 Å². The minimum Gasteiger partial charge on any atom is -0.352 e. The second kappa shape index (κ2) is 8.29. The van der Waals surface area contributed by atoms with E-state index in [0.29, 0.717) is 24.2 Å². The molecule has 0 aliphatic carbocycles. The Hall–Kier alpha value is -3.36. The maximum Gasteiger partial charge on any atom is 0.416 e. The van der Waals surface area contributed by atoms with E-state index in [1.54, 1.807) is 15.9 Å². The van der Waals surface area contributed by atoms with Crippen LogP contribution in [0.25, 0.3) is 0 Å². The largest absolute Gasteiger partial charge is 0.416 e. The molecule has 32 heavy (non-hydrogen) atoms. The van der Waals surface area contributed by atoms with E-state index in [-0.39, 0.29) is 37.2 Å². The highest BCUT2D eigenvalue weighted by atomic mass is 19.4. The van der Waals surface area contributed by atoms with Crippen LogP contribution in [0.4, 0.5) is 24.5 Å². The molecule has 2 heterocycles. The summed E-state index contributed by atoms with van der Waals surface area (Å²) in [6.45, 7) is 2.44. The highest BCUT2D eigenvalue weighted by molar-refractivity contribution is 6.01. The van der Waals surface area contributed by atoms with Crippen molar-refractivity contribution in [3.8, 4) is 0 Å². The molecule has 0 radical (unpaired) electrons. The number of benzene rings is 2. The summed E-state index contributed by atoms with van der Waals surface area (Å²) in [5.41, 5.74) is 2.32. The first-order valence-corrected chi connectivity index (χ1v) is 10.3. The van der Waals surface area contributed by atoms with Gasteiger partial charge in [0.25, 0.3) is 0 Å². The van der Waals surface area contributed by atoms with Gasteiger partial charge in [-0.3, -0.25) is 14.4 Å². The molecule has 6 nitrogen and oxygen atoms in total. The van der Waals surface area contributed by atoms with Gasteiger partial charge in [0.05, 0.1) is 11.5 Å². The first-order chi connectivity index (χ1) is 15.1. The molecule has 0 saturated carbocycles. The normalized spacial score (nSPS) is 18.1. The third kappa shape index (κ3) is 4.32. The fourth-order valence-corrected chi connectivity index (χ4v) is 4.16. The van der Waals surface area contributed by atoms with Crippen LogP contribution in [0.1, 0.15) is 30.0 Å². The van der Waals surface area contributed by atoms with E-state index >= 15 is 0 Å². The number of fused-ring (bicyclic) bond motifs is 1. The molecule has 1 fully saturated rings. The summed E-state index contributed by atoms with van der Waals surface area (Å²) in [6, 6.07) is 10.1. The first-order valence-electron chi connectivity index (χ1n) is 10.3. The Bertz CT molecular complexity index is 1070. The molecule has 0 spiro atoms. The van der Waals surface area contributed by atoms with Crippen LogP contribution in [0.15, 0.2) is 42.5 Å². The van der Waals surface area contributed by atoms with Gasteiger partial charge in [-0.05, 0) is 47.9 Å². The highest BCUT2D eigenvalue weighted by Crippen LogP contribution is 2.34. The van der Waals surface area contributed by atoms with Crippen molar-refractivity contribution < 1.29 is 27.6 Å². The van der Waals surface area contributed by atoms with Crippen LogP contribution in [-0.4, -0.2) is 30.8 Å². The van der Waals surface area contributed by atoms with Crippen molar-refractivity contribution in [3.63, 3.8) is 0 Å². The van der Waals surface area contributed by atoms with Crippen LogP contribution in [0.2, 0.25) is 0 Å². The molecule has 2 aliphatic rings. The number of carbonyl (C=O) groups is 3. The number of hydrogen-bond donors (Lipinski definition) is 1. The Morgan fingerprint density at radius 2 is 1.84 bits per heavy atom. The van der Waals surface area contributed by atoms with Gasteiger partial charge in [0.15, 0.2) is 0 Å². The summed E-state index contributed by atoms with van der Waals surface area (Å²) >= 11 is 0. The molecule has 0 unspecified atom stereocenters. The van der Waals surface area contributed by atoms with Crippen molar-refractivity contribution >= 4 is 29.1 Å². The Labute approximate surface area is 183 Å². The van der Waals surface area contributed by atoms with Crippen LogP contribution in [0, 0.1) is 5.92 Å². The van der Waals surface area contributed by atoms with Crippen molar-refractivity contribution in [1.82, 2.24) is 5.32 Å². The Kier molecular flexibility index (Phi) is 5.66. The predicted octanol–water partition coefficient (Wildman–Crippen LogP) is 3.28. The van der Waals surface area contributed by atoms with Gasteiger partial charge >= 0.3 is 6.18 Å². The lowest BCUT2D eigenvalue weighted by Crippen LogP contribution is -2.32. The number of anilines is 2. The van der Waals surface area contributed by atoms with Crippen LogP contribution in [-0.2, 0) is 33.5 Å². The van der Waals surface area contributed by atoms with Crippen LogP contribution in [0.3, 0.4) is 0 Å². The monoisotopic (exact) mass is 445 g/mol. The van der Waals surface area contributed by atoms with Crippen LogP contribution in [0.5, 0.6) is 0 Å². The Balaban J connectivity index is 1.37. The first kappa shape index (κ1) is 21.9. The zero-order valence-electron chi connectivity index (χ0n) is 17.4. The molecule has 1 N–H and O–H groups in total. The highest BCUT2D eigenvalue weighted by Gasteiger charge is 2.36. The maximum atomic E-state index is 12.7. The van der Waals surface area contributed by atoms with Crippen molar-refractivity contribution in [2.45, 2.75) is 32.5 Å². The summed E-state index contributed by atoms with van der Waals surface area (Å²) in [6.07, 6.45) is -3.63. The van der Waals surface area contributed by atoms with Crippen LogP contribution >= 0.6 is 0 Å². The smallest absolute Gasteiger partial charge is 0.352 e. The minimum absolute atomic E-state index is 0.0291. The van der Waals surface area contributed by atoms with E-state index in [4.69, 9.17) is 0 Å². The van der Waals surface area contributed by atoms with Crippen molar-refractivity contribution in [3.05, 3.63) is 59.2 Å². The van der Waals surface area contributed by atoms with Crippen molar-refractivity contribution in [2.24, 2.45) is 5.92 Å². The second-order valence-electron chi connectivity index (χ2n) is 8.05. The van der Waals surface area contributed by atoms with E-state index < -0.39 is 17.7 Å². The molecule has 1 atom stereocenters. The van der Waals surface area contributed by atoms with Crippen molar-refractivity contribution in [1.29, 1.82) is 0 Å². The predicted molar refractivity (Wildman–Crippen MR) is 112 cm³/mol. The quantitative estimate of drug-likeness (QED) is 0.785. The van der Waals surface area contributed by atoms with E-state index in [0.717, 1.165) is 23.4 Å². The SMILES string of the molecule is CC(=O)N1CCc2cc(N3C[C@@H](C(=O)NCc4ccc(C(F)(F)F)cc4)CC3=O)ccc21. The molecule has 0 bridgehead atoms. The van der Waals surface area contributed by atoms with Gasteiger partial charge in [0.1, 0.15) is 0 Å². The molecular weight excluding hydrogens is 423 g/mol. The number of rotatable bonds is 4. The molecule has 168 valence electrons. The lowest BCUT2D eigenvalue weighted by atomic mass is 10.1. The summed E-state index contributed by atoms with van der Waals surface area (Å²) in [5, 5.41) is 2.71. The second-order valence-corrected chi connectivity index (χ2v) is 8.05. The molecule has 4 rings (SSSR count). The fraction of sp³-hybridized carbons (Fsp3) is 0.348. The Morgan fingerprint density at radius 3 is 2.50 bits per heavy atom. The number of amides is 3. The Morgan fingerprint density at radius 1 is 1.12 bits per heavy atom. The van der Waals surface area contributed by atoms with E-state index in [2.05, 4.69) is 5.32 Å². The van der Waals surface area contributed by atoms with E-state index in [1.165, 1.54) is 19.1 Å². The van der Waals surface area contributed by atoms with Crippen molar-refractivity contribution in [2.75, 3.05) is 22.9 Å². The average Bonchev–Trinajstić information content (AvgIpc) is 3.34. The van der Waals surface area contributed by atoms with Gasteiger partial charge in [-0.15, -0.1) is 0 Å². The molecule has 2 aliphatic heterocycles. The molecule has 3 amide bonds. The van der Waals surface area contributed by atoms with E-state index in [9.17, 15) is 27.6 Å². The number of alkyl halides is 3. The van der Waals surface area contributed by atoms with Gasteiger partial charge in [0, 0.05) is 44.4 Å². The zero-order chi connectivity index (χ0) is 23.0. The summed E-state index contributed by atoms with van der Waals surface area (Å²) in [5.74, 6) is -1.05. The number of carbonyl (C=O) groups excluding carboxylic acids is 3. The standard InChI is InChI=1S/C23H22F3N3O3/c1-14(30)28-9-8-16-10-19(6-7-20(16)28)29-13-17(11-21(29)31)22(32)27-12-15-2-4-18(5-3-15)23(24,25)26/h2-7,10,17H,8-9,11-13H2,1H3,(H,27,32)/t17-/m0/s1. The molecular formula is C23H22F3N3O3.